The highest BCUT2D eigenvalue weighted by Crippen LogP contribution is 2.61. The van der Waals surface area contributed by atoms with Gasteiger partial charge in [0.15, 0.2) is 0 Å². The largest absolute Gasteiger partial charge is 0.396 e. The molecule has 0 saturated heterocycles. The third-order valence-corrected chi connectivity index (χ3v) is 5.20. The molecular weight excluding hydrogens is 176 g/mol. The topological polar surface area (TPSA) is 40.5 Å². The molecule has 0 unspecified atom stereocenters. The lowest BCUT2D eigenvalue weighted by Gasteiger charge is -2.30. The van der Waals surface area contributed by atoms with Crippen molar-refractivity contribution < 1.29 is 10.2 Å². The molecular formula is C12H20O2. The lowest BCUT2D eigenvalue weighted by Crippen LogP contribution is -2.26. The quantitative estimate of drug-likeness (QED) is 0.698. The minimum Gasteiger partial charge on any atom is -0.396 e. The van der Waals surface area contributed by atoms with E-state index in [1.165, 1.54) is 25.7 Å². The summed E-state index contributed by atoms with van der Waals surface area (Å²) in [6, 6.07) is 0. The smallest absolute Gasteiger partial charge is 0.0462 e. The van der Waals surface area contributed by atoms with Gasteiger partial charge in [-0.05, 0) is 61.2 Å². The summed E-state index contributed by atoms with van der Waals surface area (Å²) in [5, 5.41) is 18.5. The Bertz CT molecular complexity index is 226. The highest BCUT2D eigenvalue weighted by Gasteiger charge is 2.55. The van der Waals surface area contributed by atoms with E-state index in [1.807, 2.05) is 0 Å². The average molecular weight is 196 g/mol. The molecule has 0 aromatic rings. The first-order valence-corrected chi connectivity index (χ1v) is 6.05. The highest BCUT2D eigenvalue weighted by atomic mass is 16.3. The molecule has 3 saturated carbocycles. The van der Waals surface area contributed by atoms with Crippen LogP contribution in [-0.2, 0) is 0 Å². The van der Waals surface area contributed by atoms with Crippen LogP contribution in [0, 0.1) is 35.5 Å². The molecule has 3 aliphatic carbocycles. The van der Waals surface area contributed by atoms with E-state index in [0.717, 1.165) is 23.7 Å². The fraction of sp³-hybridized carbons (Fsp3) is 1.00. The Morgan fingerprint density at radius 1 is 0.786 bits per heavy atom. The second-order valence-electron chi connectivity index (χ2n) is 5.69. The van der Waals surface area contributed by atoms with Gasteiger partial charge in [-0.25, -0.2) is 0 Å². The maximum Gasteiger partial charge on any atom is 0.0462 e. The normalized spacial score (nSPS) is 55.3. The van der Waals surface area contributed by atoms with Crippen molar-refractivity contribution >= 4 is 0 Å². The number of hydrogen-bond donors (Lipinski definition) is 2. The van der Waals surface area contributed by atoms with Crippen LogP contribution in [0.5, 0.6) is 0 Å². The number of aliphatic hydroxyl groups excluding tert-OH is 2. The minimum absolute atomic E-state index is 0.385. The van der Waals surface area contributed by atoms with Gasteiger partial charge in [-0.2, -0.15) is 0 Å². The van der Waals surface area contributed by atoms with Crippen molar-refractivity contribution in [1.29, 1.82) is 0 Å². The van der Waals surface area contributed by atoms with Gasteiger partial charge in [-0.3, -0.25) is 0 Å². The molecule has 2 heteroatoms. The van der Waals surface area contributed by atoms with Crippen molar-refractivity contribution in [3.63, 3.8) is 0 Å². The third-order valence-electron chi connectivity index (χ3n) is 5.20. The molecule has 0 heterocycles. The first kappa shape index (κ1) is 9.17. The van der Waals surface area contributed by atoms with E-state index in [4.69, 9.17) is 0 Å². The zero-order chi connectivity index (χ0) is 9.71. The van der Waals surface area contributed by atoms with E-state index in [0.29, 0.717) is 25.0 Å². The van der Waals surface area contributed by atoms with Crippen molar-refractivity contribution in [2.45, 2.75) is 25.7 Å². The van der Waals surface area contributed by atoms with Crippen molar-refractivity contribution in [1.82, 2.24) is 0 Å². The summed E-state index contributed by atoms with van der Waals surface area (Å²) in [7, 11) is 0. The third kappa shape index (κ3) is 1.10. The van der Waals surface area contributed by atoms with Gasteiger partial charge in [-0.15, -0.1) is 0 Å². The molecule has 6 atom stereocenters. The Morgan fingerprint density at radius 2 is 1.57 bits per heavy atom. The van der Waals surface area contributed by atoms with E-state index in [-0.39, 0.29) is 0 Å². The standard InChI is InChI=1S/C12H20O2/c13-5-7-1-10-8-3-9(6-14)11(4-8)12(10)2-7/h7-14H,1-6H2/t7-,8+,9+,10-,11-,12-/m1/s1. The number of aliphatic hydroxyl groups is 2. The number of hydrogen-bond acceptors (Lipinski definition) is 2. The Morgan fingerprint density at radius 3 is 2.29 bits per heavy atom. The Kier molecular flexibility index (Phi) is 2.10. The maximum absolute atomic E-state index is 9.28. The zero-order valence-corrected chi connectivity index (χ0v) is 8.60. The fourth-order valence-corrected chi connectivity index (χ4v) is 4.68. The van der Waals surface area contributed by atoms with Gasteiger partial charge < -0.3 is 10.2 Å². The predicted molar refractivity (Wildman–Crippen MR) is 53.6 cm³/mol. The molecule has 0 aromatic heterocycles. The van der Waals surface area contributed by atoms with E-state index in [9.17, 15) is 10.2 Å². The van der Waals surface area contributed by atoms with Gasteiger partial charge in [0, 0.05) is 13.2 Å². The second kappa shape index (κ2) is 3.21. The van der Waals surface area contributed by atoms with Gasteiger partial charge in [-0.1, -0.05) is 0 Å². The summed E-state index contributed by atoms with van der Waals surface area (Å²) in [6.07, 6.45) is 5.14. The summed E-state index contributed by atoms with van der Waals surface area (Å²) in [5.41, 5.74) is 0. The molecule has 3 aliphatic rings. The van der Waals surface area contributed by atoms with Gasteiger partial charge in [0.2, 0.25) is 0 Å². The van der Waals surface area contributed by atoms with Gasteiger partial charge >= 0.3 is 0 Å². The summed E-state index contributed by atoms with van der Waals surface area (Å²) >= 11 is 0. The van der Waals surface area contributed by atoms with Crippen LogP contribution in [0.1, 0.15) is 25.7 Å². The monoisotopic (exact) mass is 196 g/mol. The molecule has 0 radical (unpaired) electrons. The first-order chi connectivity index (χ1) is 6.83. The van der Waals surface area contributed by atoms with Crippen LogP contribution in [-0.4, -0.2) is 23.4 Å². The summed E-state index contributed by atoms with van der Waals surface area (Å²) in [5.74, 6) is 4.61. The molecule has 80 valence electrons. The van der Waals surface area contributed by atoms with Crippen LogP contribution in [0.2, 0.25) is 0 Å². The van der Waals surface area contributed by atoms with Crippen molar-refractivity contribution in [2.75, 3.05) is 13.2 Å². The number of fused-ring (bicyclic) bond motifs is 5. The van der Waals surface area contributed by atoms with E-state index < -0.39 is 0 Å². The van der Waals surface area contributed by atoms with Gasteiger partial charge in [0.25, 0.3) is 0 Å². The number of rotatable bonds is 2. The van der Waals surface area contributed by atoms with Gasteiger partial charge in [0.1, 0.15) is 0 Å². The summed E-state index contributed by atoms with van der Waals surface area (Å²) in [6.45, 7) is 0.782. The molecule has 0 amide bonds. The molecule has 3 fully saturated rings. The fourth-order valence-electron chi connectivity index (χ4n) is 4.68. The van der Waals surface area contributed by atoms with Gasteiger partial charge in [0.05, 0.1) is 0 Å². The molecule has 14 heavy (non-hydrogen) atoms. The summed E-state index contributed by atoms with van der Waals surface area (Å²) in [4.78, 5) is 0. The van der Waals surface area contributed by atoms with Crippen LogP contribution in [0.3, 0.4) is 0 Å². The highest BCUT2D eigenvalue weighted by molar-refractivity contribution is 5.04. The molecule has 3 rings (SSSR count). The Balaban J connectivity index is 1.75. The van der Waals surface area contributed by atoms with E-state index in [2.05, 4.69) is 0 Å². The van der Waals surface area contributed by atoms with Crippen LogP contribution in [0.25, 0.3) is 0 Å². The van der Waals surface area contributed by atoms with E-state index >= 15 is 0 Å². The maximum atomic E-state index is 9.28. The molecule has 0 aliphatic heterocycles. The van der Waals surface area contributed by atoms with Crippen LogP contribution in [0.15, 0.2) is 0 Å². The van der Waals surface area contributed by atoms with Crippen LogP contribution >= 0.6 is 0 Å². The van der Waals surface area contributed by atoms with Crippen LogP contribution < -0.4 is 0 Å². The lowest BCUT2D eigenvalue weighted by molar-refractivity contribution is 0.120. The molecule has 2 N–H and O–H groups in total. The second-order valence-corrected chi connectivity index (χ2v) is 5.69. The Labute approximate surface area is 85.3 Å². The predicted octanol–water partition coefficient (Wildman–Crippen LogP) is 1.27. The van der Waals surface area contributed by atoms with E-state index in [1.54, 1.807) is 0 Å². The SMILES string of the molecule is OC[C@H]1C[C@@H]2[C@H](C1)[C@H]1C[C@@H](CO)[C@H]2C1. The summed E-state index contributed by atoms with van der Waals surface area (Å²) < 4.78 is 0. The molecule has 2 bridgehead atoms. The first-order valence-electron chi connectivity index (χ1n) is 6.05. The zero-order valence-electron chi connectivity index (χ0n) is 8.60. The van der Waals surface area contributed by atoms with Crippen LogP contribution in [0.4, 0.5) is 0 Å². The molecule has 2 nitrogen and oxygen atoms in total. The minimum atomic E-state index is 0.385. The molecule has 0 spiro atoms. The van der Waals surface area contributed by atoms with Crippen molar-refractivity contribution in [3.8, 4) is 0 Å². The van der Waals surface area contributed by atoms with Crippen molar-refractivity contribution in [3.05, 3.63) is 0 Å². The lowest BCUT2D eigenvalue weighted by atomic mass is 9.76. The Hall–Kier alpha value is -0.0800. The van der Waals surface area contributed by atoms with Crippen molar-refractivity contribution in [2.24, 2.45) is 35.5 Å². The molecule has 0 aromatic carbocycles. The average Bonchev–Trinajstić information content (AvgIpc) is 2.87.